The van der Waals surface area contributed by atoms with Gasteiger partial charge in [0.25, 0.3) is 0 Å². The zero-order chi connectivity index (χ0) is 13.6. The van der Waals surface area contributed by atoms with Crippen molar-refractivity contribution in [2.24, 2.45) is 0 Å². The van der Waals surface area contributed by atoms with E-state index >= 15 is 0 Å². The number of hydrogen-bond acceptors (Lipinski definition) is 4. The van der Waals surface area contributed by atoms with Gasteiger partial charge in [-0.15, -0.1) is 0 Å². The Balaban J connectivity index is 1.76. The van der Waals surface area contributed by atoms with Crippen LogP contribution in [0.4, 0.5) is 0 Å². The molecule has 1 aromatic rings. The molecule has 0 radical (unpaired) electrons. The van der Waals surface area contributed by atoms with Crippen LogP contribution in [0.15, 0.2) is 29.6 Å². The Kier molecular flexibility index (Phi) is 2.51. The molecule has 0 saturated heterocycles. The molecule has 6 nitrogen and oxygen atoms in total. The first-order valence-corrected chi connectivity index (χ1v) is 5.99. The van der Waals surface area contributed by atoms with Gasteiger partial charge in [0.2, 0.25) is 5.91 Å². The van der Waals surface area contributed by atoms with Crippen molar-refractivity contribution < 1.29 is 14.7 Å². The Hall–Kier alpha value is -2.37. The Morgan fingerprint density at radius 3 is 2.79 bits per heavy atom. The molecule has 6 heteroatoms. The van der Waals surface area contributed by atoms with Crippen LogP contribution in [0.2, 0.25) is 0 Å². The predicted molar refractivity (Wildman–Crippen MR) is 66.4 cm³/mol. The van der Waals surface area contributed by atoms with Gasteiger partial charge in [-0.25, -0.2) is 4.79 Å². The van der Waals surface area contributed by atoms with Crippen molar-refractivity contribution in [1.29, 1.82) is 0 Å². The predicted octanol–water partition coefficient (Wildman–Crippen LogP) is 0.540. The van der Waals surface area contributed by atoms with Crippen molar-refractivity contribution >= 4 is 11.9 Å². The standard InChI is InChI=1S/C13H13N3O3/c1-7(17)16-5-9-11(6-16)15-12(9)10-3-2-8(4-14-10)13(18)19/h2-4,12,15H,5-6H2,1H3,(H,18,19). The molecule has 1 aromatic heterocycles. The van der Waals surface area contributed by atoms with Gasteiger partial charge in [0.15, 0.2) is 0 Å². The normalized spacial score (nSPS) is 20.7. The summed E-state index contributed by atoms with van der Waals surface area (Å²) in [6.07, 6.45) is 1.36. The molecule has 19 heavy (non-hydrogen) atoms. The minimum atomic E-state index is -0.982. The number of amides is 1. The van der Waals surface area contributed by atoms with Gasteiger partial charge < -0.3 is 15.3 Å². The number of nitrogens with one attached hydrogen (secondary N) is 1. The van der Waals surface area contributed by atoms with E-state index in [-0.39, 0.29) is 17.5 Å². The molecule has 3 heterocycles. The smallest absolute Gasteiger partial charge is 0.337 e. The molecule has 0 saturated carbocycles. The molecule has 0 aliphatic carbocycles. The van der Waals surface area contributed by atoms with Crippen LogP contribution in [-0.4, -0.2) is 40.0 Å². The quantitative estimate of drug-likeness (QED) is 0.810. The zero-order valence-electron chi connectivity index (χ0n) is 10.4. The van der Waals surface area contributed by atoms with E-state index in [1.807, 2.05) is 0 Å². The van der Waals surface area contributed by atoms with Gasteiger partial charge in [-0.2, -0.15) is 0 Å². The van der Waals surface area contributed by atoms with Crippen LogP contribution in [0.25, 0.3) is 0 Å². The largest absolute Gasteiger partial charge is 0.478 e. The van der Waals surface area contributed by atoms with Crippen molar-refractivity contribution in [3.8, 4) is 0 Å². The molecule has 1 amide bonds. The number of rotatable bonds is 2. The molecule has 3 rings (SSSR count). The maximum Gasteiger partial charge on any atom is 0.337 e. The Bertz CT molecular complexity index is 592. The summed E-state index contributed by atoms with van der Waals surface area (Å²) in [4.78, 5) is 28.0. The van der Waals surface area contributed by atoms with Gasteiger partial charge in [0.1, 0.15) is 0 Å². The van der Waals surface area contributed by atoms with Crippen molar-refractivity contribution in [1.82, 2.24) is 15.2 Å². The van der Waals surface area contributed by atoms with Crippen molar-refractivity contribution in [2.45, 2.75) is 13.0 Å². The van der Waals surface area contributed by atoms with E-state index in [1.165, 1.54) is 11.8 Å². The highest BCUT2D eigenvalue weighted by atomic mass is 16.4. The van der Waals surface area contributed by atoms with E-state index in [0.717, 1.165) is 11.4 Å². The topological polar surface area (TPSA) is 82.5 Å². The van der Waals surface area contributed by atoms with Gasteiger partial charge in [-0.3, -0.25) is 9.78 Å². The lowest BCUT2D eigenvalue weighted by Crippen LogP contribution is -2.34. The Labute approximate surface area is 109 Å². The third kappa shape index (κ3) is 1.85. The van der Waals surface area contributed by atoms with Gasteiger partial charge in [-0.05, 0) is 17.7 Å². The first kappa shape index (κ1) is 11.7. The van der Waals surface area contributed by atoms with E-state index in [2.05, 4.69) is 10.3 Å². The number of nitrogens with zero attached hydrogens (tertiary/aromatic N) is 2. The fraction of sp³-hybridized carbons (Fsp3) is 0.308. The average Bonchev–Trinajstić information content (AvgIpc) is 2.68. The third-order valence-corrected chi connectivity index (χ3v) is 3.54. The number of aromatic carboxylic acids is 1. The Morgan fingerprint density at radius 1 is 1.42 bits per heavy atom. The molecule has 98 valence electrons. The summed E-state index contributed by atoms with van der Waals surface area (Å²) in [6.45, 7) is 2.82. The van der Waals surface area contributed by atoms with Crippen LogP contribution in [0.3, 0.4) is 0 Å². The summed E-state index contributed by atoms with van der Waals surface area (Å²) in [5.74, 6) is -0.923. The molecule has 0 fully saturated rings. The molecule has 1 unspecified atom stereocenters. The molecule has 2 aliphatic rings. The summed E-state index contributed by atoms with van der Waals surface area (Å²) >= 11 is 0. The minimum absolute atomic E-state index is 0.00203. The van der Waals surface area contributed by atoms with E-state index in [9.17, 15) is 9.59 Å². The number of carboxylic acid groups (broad SMARTS) is 1. The number of pyridine rings is 1. The fourth-order valence-electron chi connectivity index (χ4n) is 2.41. The Morgan fingerprint density at radius 2 is 2.21 bits per heavy atom. The summed E-state index contributed by atoms with van der Waals surface area (Å²) in [6, 6.07) is 3.26. The second-order valence-corrected chi connectivity index (χ2v) is 4.73. The lowest BCUT2D eigenvalue weighted by atomic mass is 9.95. The van der Waals surface area contributed by atoms with Crippen LogP contribution in [0.5, 0.6) is 0 Å². The summed E-state index contributed by atoms with van der Waals surface area (Å²) < 4.78 is 0. The highest BCUT2D eigenvalue weighted by Crippen LogP contribution is 2.36. The first-order valence-electron chi connectivity index (χ1n) is 5.99. The zero-order valence-corrected chi connectivity index (χ0v) is 10.4. The van der Waals surface area contributed by atoms with Crippen molar-refractivity contribution in [3.05, 3.63) is 40.9 Å². The molecule has 1 atom stereocenters. The van der Waals surface area contributed by atoms with Gasteiger partial charge in [0.05, 0.1) is 23.8 Å². The number of hydrogen-bond donors (Lipinski definition) is 2. The summed E-state index contributed by atoms with van der Waals surface area (Å²) in [7, 11) is 0. The first-order chi connectivity index (χ1) is 9.06. The molecule has 0 spiro atoms. The molecule has 2 N–H and O–H groups in total. The van der Waals surface area contributed by atoms with Crippen molar-refractivity contribution in [2.75, 3.05) is 13.1 Å². The van der Waals surface area contributed by atoms with Crippen LogP contribution in [0, 0.1) is 0 Å². The maximum absolute atomic E-state index is 11.3. The van der Waals surface area contributed by atoms with Crippen molar-refractivity contribution in [3.63, 3.8) is 0 Å². The summed E-state index contributed by atoms with van der Waals surface area (Å²) in [5, 5.41) is 12.1. The van der Waals surface area contributed by atoms with E-state index in [4.69, 9.17) is 5.11 Å². The van der Waals surface area contributed by atoms with E-state index in [1.54, 1.807) is 24.0 Å². The van der Waals surface area contributed by atoms with Gasteiger partial charge >= 0.3 is 5.97 Å². The number of carbonyl (C=O) groups excluding carboxylic acids is 1. The summed E-state index contributed by atoms with van der Waals surface area (Å²) in [5.41, 5.74) is 3.22. The van der Waals surface area contributed by atoms with Gasteiger partial charge in [0, 0.05) is 25.4 Å². The van der Waals surface area contributed by atoms with Crippen LogP contribution >= 0.6 is 0 Å². The average molecular weight is 259 g/mol. The molecule has 0 bridgehead atoms. The molecular weight excluding hydrogens is 246 g/mol. The lowest BCUT2D eigenvalue weighted by molar-refractivity contribution is -0.127. The second-order valence-electron chi connectivity index (χ2n) is 4.73. The highest BCUT2D eigenvalue weighted by Gasteiger charge is 2.38. The number of aromatic nitrogens is 1. The van der Waals surface area contributed by atoms with Crippen LogP contribution in [-0.2, 0) is 4.79 Å². The van der Waals surface area contributed by atoms with E-state index < -0.39 is 5.97 Å². The third-order valence-electron chi connectivity index (χ3n) is 3.54. The number of carboxylic acids is 1. The van der Waals surface area contributed by atoms with Crippen LogP contribution in [0.1, 0.15) is 29.0 Å². The SMILES string of the molecule is CC(=O)N1CC2=C(C1)C(c1ccc(C(=O)O)cn1)N2. The minimum Gasteiger partial charge on any atom is -0.478 e. The van der Waals surface area contributed by atoms with Crippen LogP contribution < -0.4 is 5.32 Å². The lowest BCUT2D eigenvalue weighted by Gasteiger charge is -2.30. The second kappa shape index (κ2) is 4.08. The molecular formula is C13H13N3O3. The highest BCUT2D eigenvalue weighted by molar-refractivity contribution is 5.87. The van der Waals surface area contributed by atoms with Gasteiger partial charge in [-0.1, -0.05) is 0 Å². The fourth-order valence-corrected chi connectivity index (χ4v) is 2.41. The maximum atomic E-state index is 11.3. The molecule has 2 aliphatic heterocycles. The molecule has 0 aromatic carbocycles. The number of carbonyl (C=O) groups is 2. The monoisotopic (exact) mass is 259 g/mol. The van der Waals surface area contributed by atoms with E-state index in [0.29, 0.717) is 13.1 Å².